The van der Waals surface area contributed by atoms with Crippen molar-refractivity contribution in [2.45, 2.75) is 38.8 Å². The van der Waals surface area contributed by atoms with Crippen molar-refractivity contribution < 1.29 is 4.74 Å². The van der Waals surface area contributed by atoms with Gasteiger partial charge >= 0.3 is 0 Å². The van der Waals surface area contributed by atoms with Crippen LogP contribution in [0.15, 0.2) is 36.4 Å². The molecule has 25 heavy (non-hydrogen) atoms. The van der Waals surface area contributed by atoms with Crippen LogP contribution in [-0.2, 0) is 6.42 Å². The average Bonchev–Trinajstić information content (AvgIpc) is 2.75. The molecule has 0 amide bonds. The highest BCUT2D eigenvalue weighted by atomic mass is 35.5. The third kappa shape index (κ3) is 3.36. The molecule has 132 valence electrons. The first-order chi connectivity index (χ1) is 12.1. The van der Waals surface area contributed by atoms with Crippen molar-refractivity contribution in [2.24, 2.45) is 0 Å². The molecule has 0 aliphatic carbocycles. The van der Waals surface area contributed by atoms with Crippen molar-refractivity contribution in [3.8, 4) is 16.9 Å². The minimum Gasteiger partial charge on any atom is -0.491 e. The minimum absolute atomic E-state index is 0.149. The molecule has 2 aliphatic heterocycles. The van der Waals surface area contributed by atoms with Crippen molar-refractivity contribution in [1.82, 2.24) is 5.32 Å². The summed E-state index contributed by atoms with van der Waals surface area (Å²) in [5, 5.41) is 4.25. The van der Waals surface area contributed by atoms with Crippen LogP contribution < -0.4 is 15.0 Å². The molecule has 2 aromatic carbocycles. The summed E-state index contributed by atoms with van der Waals surface area (Å²) in [4.78, 5) is 2.57. The molecule has 2 aliphatic rings. The second-order valence-electron chi connectivity index (χ2n) is 7.24. The fourth-order valence-corrected chi connectivity index (χ4v) is 4.24. The minimum atomic E-state index is 0.149. The Kier molecular flexibility index (Phi) is 4.61. The number of anilines is 1. The Bertz CT molecular complexity index is 774. The molecule has 1 atom stereocenters. The number of fused-ring (bicyclic) bond motifs is 3. The highest BCUT2D eigenvalue weighted by Crippen LogP contribution is 2.39. The third-order valence-corrected chi connectivity index (χ3v) is 5.41. The monoisotopic (exact) mass is 356 g/mol. The second-order valence-corrected chi connectivity index (χ2v) is 7.65. The standard InChI is InChI=1S/C21H25ClN2O/c1-14(2)25-18-5-6-19(20(22)13-18)15-3-4-16-11-17-7-8-23-9-10-24(17)21(16)12-15/h3-6,12-14,17,23H,7-11H2,1-2H3. The molecule has 4 heteroatoms. The predicted molar refractivity (Wildman–Crippen MR) is 105 cm³/mol. The molecule has 1 fully saturated rings. The van der Waals surface area contributed by atoms with E-state index in [2.05, 4.69) is 34.5 Å². The second kappa shape index (κ2) is 6.89. The number of halogens is 1. The molecule has 0 spiro atoms. The van der Waals surface area contributed by atoms with E-state index >= 15 is 0 Å². The van der Waals surface area contributed by atoms with E-state index in [1.807, 2.05) is 26.0 Å². The number of ether oxygens (including phenoxy) is 1. The lowest BCUT2D eigenvalue weighted by molar-refractivity contribution is 0.242. The number of hydrogen-bond donors (Lipinski definition) is 1. The zero-order chi connectivity index (χ0) is 17.4. The first-order valence-corrected chi connectivity index (χ1v) is 9.56. The molecule has 1 saturated heterocycles. The van der Waals surface area contributed by atoms with Gasteiger partial charge in [-0.15, -0.1) is 0 Å². The van der Waals surface area contributed by atoms with Crippen LogP contribution >= 0.6 is 11.6 Å². The van der Waals surface area contributed by atoms with E-state index in [4.69, 9.17) is 16.3 Å². The zero-order valence-electron chi connectivity index (χ0n) is 14.9. The van der Waals surface area contributed by atoms with Crippen LogP contribution in [0.25, 0.3) is 11.1 Å². The normalized spacial score (nSPS) is 19.5. The summed E-state index contributed by atoms with van der Waals surface area (Å²) in [7, 11) is 0. The van der Waals surface area contributed by atoms with Crippen molar-refractivity contribution in [2.75, 3.05) is 24.5 Å². The molecule has 0 bridgehead atoms. The number of nitrogens with zero attached hydrogens (tertiary/aromatic N) is 1. The summed E-state index contributed by atoms with van der Waals surface area (Å²) in [6.45, 7) is 7.30. The van der Waals surface area contributed by atoms with Crippen molar-refractivity contribution in [1.29, 1.82) is 0 Å². The van der Waals surface area contributed by atoms with Crippen molar-refractivity contribution >= 4 is 17.3 Å². The first kappa shape index (κ1) is 16.7. The summed E-state index contributed by atoms with van der Waals surface area (Å²) >= 11 is 6.56. The molecule has 3 nitrogen and oxygen atoms in total. The predicted octanol–water partition coefficient (Wildman–Crippen LogP) is 4.52. The number of hydrogen-bond acceptors (Lipinski definition) is 3. The van der Waals surface area contributed by atoms with Gasteiger partial charge in [0, 0.05) is 30.4 Å². The van der Waals surface area contributed by atoms with Gasteiger partial charge in [0.25, 0.3) is 0 Å². The van der Waals surface area contributed by atoms with E-state index in [-0.39, 0.29) is 6.10 Å². The molecule has 1 N–H and O–H groups in total. The van der Waals surface area contributed by atoms with E-state index in [0.717, 1.165) is 42.4 Å². The lowest BCUT2D eigenvalue weighted by Crippen LogP contribution is -2.32. The molecule has 0 aromatic heterocycles. The smallest absolute Gasteiger partial charge is 0.121 e. The molecule has 4 rings (SSSR count). The maximum atomic E-state index is 6.56. The molecule has 2 aromatic rings. The van der Waals surface area contributed by atoms with Gasteiger partial charge in [0.05, 0.1) is 11.1 Å². The van der Waals surface area contributed by atoms with Crippen LogP contribution in [0.3, 0.4) is 0 Å². The Morgan fingerprint density at radius 2 is 2.04 bits per heavy atom. The van der Waals surface area contributed by atoms with Crippen molar-refractivity contribution in [3.05, 3.63) is 47.0 Å². The molecule has 0 saturated carbocycles. The van der Waals surface area contributed by atoms with Gasteiger partial charge in [0.1, 0.15) is 5.75 Å². The highest BCUT2D eigenvalue weighted by Gasteiger charge is 2.30. The third-order valence-electron chi connectivity index (χ3n) is 5.10. The SMILES string of the molecule is CC(C)Oc1ccc(-c2ccc3c(c2)N2CCNCCC2C3)c(Cl)c1. The van der Waals surface area contributed by atoms with Gasteiger partial charge in [0.2, 0.25) is 0 Å². The quantitative estimate of drug-likeness (QED) is 0.875. The van der Waals surface area contributed by atoms with Crippen LogP contribution in [0.4, 0.5) is 5.69 Å². The summed E-state index contributed by atoms with van der Waals surface area (Å²) in [5.74, 6) is 0.823. The Morgan fingerprint density at radius 1 is 1.16 bits per heavy atom. The fraction of sp³-hybridized carbons (Fsp3) is 0.429. The van der Waals surface area contributed by atoms with Gasteiger partial charge in [-0.05, 0) is 68.6 Å². The van der Waals surface area contributed by atoms with Gasteiger partial charge in [-0.2, -0.15) is 0 Å². The van der Waals surface area contributed by atoms with E-state index in [1.54, 1.807) is 0 Å². The van der Waals surface area contributed by atoms with E-state index in [0.29, 0.717) is 6.04 Å². The lowest BCUT2D eigenvalue weighted by Gasteiger charge is -2.25. The van der Waals surface area contributed by atoms with Gasteiger partial charge in [-0.25, -0.2) is 0 Å². The van der Waals surface area contributed by atoms with Crippen molar-refractivity contribution in [3.63, 3.8) is 0 Å². The zero-order valence-corrected chi connectivity index (χ0v) is 15.6. The molecule has 0 radical (unpaired) electrons. The first-order valence-electron chi connectivity index (χ1n) is 9.18. The summed E-state index contributed by atoms with van der Waals surface area (Å²) in [6, 6.07) is 13.4. The Morgan fingerprint density at radius 3 is 2.84 bits per heavy atom. The summed E-state index contributed by atoms with van der Waals surface area (Å²) in [5.41, 5.74) is 5.09. The Balaban J connectivity index is 1.66. The van der Waals surface area contributed by atoms with Gasteiger partial charge in [0.15, 0.2) is 0 Å². The van der Waals surface area contributed by atoms with E-state index < -0.39 is 0 Å². The Labute approximate surface area is 154 Å². The number of benzene rings is 2. The van der Waals surface area contributed by atoms with Crippen LogP contribution in [-0.4, -0.2) is 31.8 Å². The topological polar surface area (TPSA) is 24.5 Å². The van der Waals surface area contributed by atoms with Crippen LogP contribution in [0, 0.1) is 0 Å². The van der Waals surface area contributed by atoms with Gasteiger partial charge in [-0.3, -0.25) is 0 Å². The van der Waals surface area contributed by atoms with Crippen LogP contribution in [0.2, 0.25) is 5.02 Å². The van der Waals surface area contributed by atoms with E-state index in [1.165, 1.54) is 23.2 Å². The maximum absolute atomic E-state index is 6.56. The fourth-order valence-electron chi connectivity index (χ4n) is 3.96. The Hall–Kier alpha value is -1.71. The number of nitrogens with one attached hydrogen (secondary N) is 1. The maximum Gasteiger partial charge on any atom is 0.121 e. The van der Waals surface area contributed by atoms with Crippen LogP contribution in [0.5, 0.6) is 5.75 Å². The van der Waals surface area contributed by atoms with Gasteiger partial charge in [-0.1, -0.05) is 23.7 Å². The molecular formula is C21H25ClN2O. The largest absolute Gasteiger partial charge is 0.491 e. The lowest BCUT2D eigenvalue weighted by atomic mass is 10.0. The van der Waals surface area contributed by atoms with E-state index in [9.17, 15) is 0 Å². The molecule has 2 heterocycles. The number of rotatable bonds is 3. The molecular weight excluding hydrogens is 332 g/mol. The molecule has 1 unspecified atom stereocenters. The average molecular weight is 357 g/mol. The van der Waals surface area contributed by atoms with Crippen LogP contribution in [0.1, 0.15) is 25.8 Å². The summed E-state index contributed by atoms with van der Waals surface area (Å²) in [6.07, 6.45) is 2.52. The summed E-state index contributed by atoms with van der Waals surface area (Å²) < 4.78 is 5.74. The highest BCUT2D eigenvalue weighted by molar-refractivity contribution is 6.33. The van der Waals surface area contributed by atoms with Gasteiger partial charge < -0.3 is 15.0 Å².